The first-order chi connectivity index (χ1) is 9.78. The molecule has 0 N–H and O–H groups in total. The molecule has 3 rings (SSSR count). The average Bonchev–Trinajstić information content (AvgIpc) is 2.83. The number of nitrogens with zero attached hydrogens (tertiary/aromatic N) is 3. The number of benzene rings is 1. The van der Waals surface area contributed by atoms with E-state index in [1.807, 2.05) is 30.5 Å². The Labute approximate surface area is 127 Å². The number of hydrogen-bond donors (Lipinski definition) is 0. The Bertz CT molecular complexity index is 723. The van der Waals surface area contributed by atoms with Crippen molar-refractivity contribution in [2.45, 2.75) is 18.8 Å². The molecular formula is C15H13Cl2N3. The van der Waals surface area contributed by atoms with Crippen LogP contribution in [0.1, 0.15) is 11.4 Å². The van der Waals surface area contributed by atoms with E-state index in [2.05, 4.69) is 20.6 Å². The van der Waals surface area contributed by atoms with Gasteiger partial charge >= 0.3 is 0 Å². The molecule has 0 bridgehead atoms. The molecule has 0 unspecified atom stereocenters. The summed E-state index contributed by atoms with van der Waals surface area (Å²) in [6, 6.07) is 9.72. The van der Waals surface area contributed by atoms with Crippen LogP contribution in [0.25, 0.3) is 11.0 Å². The second-order valence-electron chi connectivity index (χ2n) is 4.56. The van der Waals surface area contributed by atoms with Gasteiger partial charge in [0.1, 0.15) is 5.82 Å². The van der Waals surface area contributed by atoms with Crippen molar-refractivity contribution in [1.29, 1.82) is 0 Å². The molecule has 0 radical (unpaired) electrons. The molecule has 20 heavy (non-hydrogen) atoms. The van der Waals surface area contributed by atoms with Crippen molar-refractivity contribution in [2.24, 2.45) is 0 Å². The Kier molecular flexibility index (Phi) is 3.90. The van der Waals surface area contributed by atoms with E-state index in [9.17, 15) is 0 Å². The fraction of sp³-hybridized carbons (Fsp3) is 0.200. The monoisotopic (exact) mass is 305 g/mol. The summed E-state index contributed by atoms with van der Waals surface area (Å²) < 4.78 is 2.13. The Hall–Kier alpha value is -1.58. The second-order valence-corrected chi connectivity index (χ2v) is 5.26. The molecule has 3 nitrogen and oxygen atoms in total. The Balaban J connectivity index is 1.95. The molecule has 0 atom stereocenters. The lowest BCUT2D eigenvalue weighted by atomic mass is 10.2. The zero-order valence-electron chi connectivity index (χ0n) is 10.8. The lowest BCUT2D eigenvalue weighted by molar-refractivity contribution is 0.686. The molecule has 0 spiro atoms. The zero-order valence-corrected chi connectivity index (χ0v) is 12.3. The van der Waals surface area contributed by atoms with E-state index < -0.39 is 0 Å². The summed E-state index contributed by atoms with van der Waals surface area (Å²) in [7, 11) is 0. The first-order valence-electron chi connectivity index (χ1n) is 6.37. The molecule has 0 saturated carbocycles. The van der Waals surface area contributed by atoms with E-state index in [0.717, 1.165) is 29.8 Å². The first-order valence-corrected chi connectivity index (χ1v) is 7.28. The Morgan fingerprint density at radius 1 is 1.20 bits per heavy atom. The van der Waals surface area contributed by atoms with E-state index in [0.29, 0.717) is 10.9 Å². The molecule has 2 heterocycles. The van der Waals surface area contributed by atoms with Crippen LogP contribution in [0.3, 0.4) is 0 Å². The number of imidazole rings is 1. The van der Waals surface area contributed by atoms with Gasteiger partial charge in [0.2, 0.25) is 0 Å². The van der Waals surface area contributed by atoms with Crippen molar-refractivity contribution in [3.8, 4) is 0 Å². The van der Waals surface area contributed by atoms with E-state index in [1.165, 1.54) is 5.56 Å². The third-order valence-corrected chi connectivity index (χ3v) is 3.73. The minimum Gasteiger partial charge on any atom is -0.327 e. The van der Waals surface area contributed by atoms with Crippen molar-refractivity contribution in [2.75, 3.05) is 0 Å². The molecule has 1 aromatic carbocycles. The molecule has 5 heteroatoms. The van der Waals surface area contributed by atoms with Crippen molar-refractivity contribution in [3.05, 3.63) is 59.1 Å². The van der Waals surface area contributed by atoms with Crippen LogP contribution in [0.5, 0.6) is 0 Å². The highest BCUT2D eigenvalue weighted by Crippen LogP contribution is 2.22. The van der Waals surface area contributed by atoms with E-state index in [-0.39, 0.29) is 0 Å². The summed E-state index contributed by atoms with van der Waals surface area (Å²) in [4.78, 5) is 8.67. The fourth-order valence-electron chi connectivity index (χ4n) is 2.28. The van der Waals surface area contributed by atoms with Gasteiger partial charge in [0.15, 0.2) is 0 Å². The number of alkyl halides is 1. The van der Waals surface area contributed by atoms with Gasteiger partial charge < -0.3 is 4.57 Å². The minimum atomic E-state index is 0.388. The van der Waals surface area contributed by atoms with Gasteiger partial charge in [-0.2, -0.15) is 0 Å². The number of aryl methyl sites for hydroxylation is 2. The molecular weight excluding hydrogens is 293 g/mol. The molecule has 0 amide bonds. The molecule has 0 aliphatic heterocycles. The highest BCUT2D eigenvalue weighted by molar-refractivity contribution is 6.31. The van der Waals surface area contributed by atoms with Gasteiger partial charge in [0.25, 0.3) is 0 Å². The van der Waals surface area contributed by atoms with Crippen LogP contribution in [0.4, 0.5) is 0 Å². The minimum absolute atomic E-state index is 0.388. The molecule has 2 aromatic heterocycles. The summed E-state index contributed by atoms with van der Waals surface area (Å²) in [5.74, 6) is 1.26. The Morgan fingerprint density at radius 2 is 2.10 bits per heavy atom. The van der Waals surface area contributed by atoms with Gasteiger partial charge in [-0.1, -0.05) is 17.7 Å². The molecule has 0 aliphatic carbocycles. The van der Waals surface area contributed by atoms with Crippen LogP contribution >= 0.6 is 23.2 Å². The van der Waals surface area contributed by atoms with Crippen molar-refractivity contribution in [1.82, 2.24) is 14.5 Å². The predicted molar refractivity (Wildman–Crippen MR) is 82.2 cm³/mol. The second kappa shape index (κ2) is 5.81. The van der Waals surface area contributed by atoms with Gasteiger partial charge in [-0.25, -0.2) is 4.98 Å². The highest BCUT2D eigenvalue weighted by Gasteiger charge is 2.10. The van der Waals surface area contributed by atoms with Gasteiger partial charge in [-0.15, -0.1) is 11.6 Å². The predicted octanol–water partition coefficient (Wildman–Crippen LogP) is 4.07. The third-order valence-electron chi connectivity index (χ3n) is 3.26. The maximum absolute atomic E-state index is 6.08. The third kappa shape index (κ3) is 2.65. The normalized spacial score (nSPS) is 11.1. The van der Waals surface area contributed by atoms with Gasteiger partial charge in [-0.3, -0.25) is 4.98 Å². The van der Waals surface area contributed by atoms with Gasteiger partial charge in [-0.05, 0) is 36.2 Å². The molecule has 102 valence electrons. The van der Waals surface area contributed by atoms with Crippen LogP contribution in [-0.2, 0) is 18.8 Å². The number of aromatic nitrogens is 3. The summed E-state index contributed by atoms with van der Waals surface area (Å²) in [5, 5.41) is 0.709. The van der Waals surface area contributed by atoms with E-state index in [1.54, 1.807) is 6.20 Å². The first kappa shape index (κ1) is 13.4. The zero-order chi connectivity index (χ0) is 13.9. The van der Waals surface area contributed by atoms with Gasteiger partial charge in [0.05, 0.1) is 16.9 Å². The lowest BCUT2D eigenvalue weighted by Crippen LogP contribution is -2.05. The van der Waals surface area contributed by atoms with Crippen LogP contribution in [0.2, 0.25) is 5.02 Å². The maximum atomic E-state index is 6.08. The van der Waals surface area contributed by atoms with Crippen molar-refractivity contribution >= 4 is 34.2 Å². The standard InChI is InChI=1S/C15H13Cl2N3/c16-9-15-19-13-4-3-12(17)8-14(13)20(15)7-5-11-2-1-6-18-10-11/h1-4,6,8,10H,5,7,9H2. The molecule has 0 saturated heterocycles. The maximum Gasteiger partial charge on any atom is 0.124 e. The number of rotatable bonds is 4. The lowest BCUT2D eigenvalue weighted by Gasteiger charge is -2.07. The number of hydrogen-bond acceptors (Lipinski definition) is 2. The number of fused-ring (bicyclic) bond motifs is 1. The molecule has 0 fully saturated rings. The summed E-state index contributed by atoms with van der Waals surface area (Å²) in [6.45, 7) is 0.810. The van der Waals surface area contributed by atoms with Gasteiger partial charge in [0, 0.05) is 24.0 Å². The number of halogens is 2. The number of pyridine rings is 1. The molecule has 3 aromatic rings. The van der Waals surface area contributed by atoms with Crippen LogP contribution in [0.15, 0.2) is 42.7 Å². The van der Waals surface area contributed by atoms with E-state index in [4.69, 9.17) is 23.2 Å². The van der Waals surface area contributed by atoms with Crippen molar-refractivity contribution < 1.29 is 0 Å². The van der Waals surface area contributed by atoms with Crippen molar-refractivity contribution in [3.63, 3.8) is 0 Å². The summed E-state index contributed by atoms with van der Waals surface area (Å²) in [5.41, 5.74) is 3.14. The smallest absolute Gasteiger partial charge is 0.124 e. The average molecular weight is 306 g/mol. The molecule has 0 aliphatic rings. The van der Waals surface area contributed by atoms with E-state index >= 15 is 0 Å². The Morgan fingerprint density at radius 3 is 2.85 bits per heavy atom. The summed E-state index contributed by atoms with van der Waals surface area (Å²) >= 11 is 12.1. The SMILES string of the molecule is ClCc1nc2ccc(Cl)cc2n1CCc1cccnc1. The highest BCUT2D eigenvalue weighted by atomic mass is 35.5. The largest absolute Gasteiger partial charge is 0.327 e. The topological polar surface area (TPSA) is 30.7 Å². The van der Waals surface area contributed by atoms with Crippen LogP contribution in [0, 0.1) is 0 Å². The summed E-state index contributed by atoms with van der Waals surface area (Å²) in [6.07, 6.45) is 4.54. The fourth-order valence-corrected chi connectivity index (χ4v) is 2.65. The van der Waals surface area contributed by atoms with Crippen LogP contribution < -0.4 is 0 Å². The van der Waals surface area contributed by atoms with Crippen LogP contribution in [-0.4, -0.2) is 14.5 Å². The quantitative estimate of drug-likeness (QED) is 0.680.